The second kappa shape index (κ2) is 7.52. The van der Waals surface area contributed by atoms with Gasteiger partial charge in [-0.25, -0.2) is 4.98 Å². The summed E-state index contributed by atoms with van der Waals surface area (Å²) in [6, 6.07) is -1.07. The number of hydrogen-bond acceptors (Lipinski definition) is 10. The minimum absolute atomic E-state index is 0.0274. The average Bonchev–Trinajstić information content (AvgIpc) is 2.72. The summed E-state index contributed by atoms with van der Waals surface area (Å²) in [6.07, 6.45) is -0.0236. The van der Waals surface area contributed by atoms with E-state index in [2.05, 4.69) is 4.98 Å². The van der Waals surface area contributed by atoms with Crippen molar-refractivity contribution in [2.24, 2.45) is 17.6 Å². The summed E-state index contributed by atoms with van der Waals surface area (Å²) in [7, 11) is 3.09. The zero-order chi connectivity index (χ0) is 24.6. The molecule has 12 heteroatoms. The van der Waals surface area contributed by atoms with Crippen LogP contribution in [0.2, 0.25) is 5.15 Å². The Bertz CT molecular complexity index is 1190. The topological polar surface area (TPSA) is 195 Å². The molecule has 0 fully saturated rings. The number of nitrogens with two attached hydrogens (primary N) is 1. The number of aromatic nitrogens is 1. The lowest BCUT2D eigenvalue weighted by Gasteiger charge is -2.50. The van der Waals surface area contributed by atoms with E-state index in [1.807, 2.05) is 0 Å². The number of fused-ring (bicyclic) bond motifs is 3. The number of aliphatic hydroxyl groups excluding tert-OH is 3. The highest BCUT2D eigenvalue weighted by Crippen LogP contribution is 2.52. The first-order valence-corrected chi connectivity index (χ1v) is 10.4. The summed E-state index contributed by atoms with van der Waals surface area (Å²) in [5.74, 6) is -7.60. The Morgan fingerprint density at radius 3 is 2.45 bits per heavy atom. The van der Waals surface area contributed by atoms with E-state index in [9.17, 15) is 39.9 Å². The van der Waals surface area contributed by atoms with Crippen LogP contribution in [0.4, 0.5) is 0 Å². The molecule has 0 unspecified atom stereocenters. The van der Waals surface area contributed by atoms with E-state index in [-0.39, 0.29) is 40.4 Å². The number of ketones is 2. The summed E-state index contributed by atoms with van der Waals surface area (Å²) in [5, 5.41) is 53.1. The quantitative estimate of drug-likeness (QED) is 0.246. The molecule has 176 valence electrons. The van der Waals surface area contributed by atoms with Crippen LogP contribution < -0.4 is 5.73 Å². The molecule has 4 rings (SSSR count). The van der Waals surface area contributed by atoms with Gasteiger partial charge in [0.1, 0.15) is 27.9 Å². The molecule has 0 radical (unpaired) electrons. The zero-order valence-corrected chi connectivity index (χ0v) is 18.4. The molecule has 3 aliphatic carbocycles. The molecule has 0 aromatic carbocycles. The molecule has 11 nitrogen and oxygen atoms in total. The van der Waals surface area contributed by atoms with E-state index in [0.29, 0.717) is 0 Å². The van der Waals surface area contributed by atoms with Gasteiger partial charge in [-0.2, -0.15) is 0 Å². The molecule has 4 atom stereocenters. The van der Waals surface area contributed by atoms with Crippen molar-refractivity contribution in [3.63, 3.8) is 0 Å². The molecule has 1 amide bonds. The maximum Gasteiger partial charge on any atom is 0.255 e. The van der Waals surface area contributed by atoms with Crippen molar-refractivity contribution in [1.29, 1.82) is 0 Å². The van der Waals surface area contributed by atoms with Crippen molar-refractivity contribution in [1.82, 2.24) is 9.88 Å². The highest BCUT2D eigenvalue weighted by molar-refractivity contribution is 6.31. The summed E-state index contributed by atoms with van der Waals surface area (Å²) >= 11 is 6.20. The molecule has 33 heavy (non-hydrogen) atoms. The molecule has 0 aliphatic heterocycles. The number of hydrogen-bond donors (Lipinski definition) is 6. The number of primary amides is 1. The predicted octanol–water partition coefficient (Wildman–Crippen LogP) is -0.339. The number of aliphatic hydroxyl groups is 4. The summed E-state index contributed by atoms with van der Waals surface area (Å²) in [4.78, 5) is 43.9. The smallest absolute Gasteiger partial charge is 0.255 e. The van der Waals surface area contributed by atoms with Crippen molar-refractivity contribution in [2.45, 2.75) is 31.1 Å². The number of likely N-dealkylation sites (N-methyl/N-ethyl adjacent to an activating group) is 1. The number of carbonyl (C=O) groups is 3. The minimum Gasteiger partial charge on any atom is -0.510 e. The molecule has 0 saturated heterocycles. The average molecular weight is 480 g/mol. The van der Waals surface area contributed by atoms with Crippen LogP contribution in [-0.4, -0.2) is 78.6 Å². The number of allylic oxidation sites excluding steroid dienone is 1. The van der Waals surface area contributed by atoms with E-state index in [4.69, 9.17) is 17.3 Å². The number of halogens is 1. The minimum atomic E-state index is -2.71. The third-order valence-electron chi connectivity index (χ3n) is 6.76. The standard InChI is InChI=1S/C21H22ClN3O8/c1-25(2)13-8-4-6-3-7-11(14(27)9(5-26)24-19(7)22)15(28)10(6)17(30)21(8,33)18(31)12(16(13)29)20(23)32/h6,8,13,26-27,29-30,33H,3-5H2,1-2H3,(H2,23,32)/t6-,8-,13-,21-/m0/s1. The van der Waals surface area contributed by atoms with Crippen molar-refractivity contribution < 1.29 is 39.9 Å². The fourth-order valence-corrected chi connectivity index (χ4v) is 5.59. The second-order valence-corrected chi connectivity index (χ2v) is 9.03. The number of aromatic hydroxyl groups is 1. The lowest BCUT2D eigenvalue weighted by atomic mass is 9.58. The van der Waals surface area contributed by atoms with Gasteiger partial charge >= 0.3 is 0 Å². The van der Waals surface area contributed by atoms with Crippen LogP contribution in [0.3, 0.4) is 0 Å². The fraction of sp³-hybridized carbons (Fsp3) is 0.429. The van der Waals surface area contributed by atoms with Crippen molar-refractivity contribution in [3.05, 3.63) is 44.6 Å². The van der Waals surface area contributed by atoms with Crippen LogP contribution in [0.1, 0.15) is 28.0 Å². The zero-order valence-electron chi connectivity index (χ0n) is 17.7. The lowest BCUT2D eigenvalue weighted by molar-refractivity contribution is -0.148. The van der Waals surface area contributed by atoms with Crippen LogP contribution in [0.15, 0.2) is 22.7 Å². The SMILES string of the molecule is CN(C)[C@@H]1C(O)=C(C(N)=O)C(=O)[C@@]2(O)C(O)=C3C(=O)c4c(O)c(CO)nc(Cl)c4C[C@H]3C[C@@H]12. The Kier molecular flexibility index (Phi) is 5.28. The lowest BCUT2D eigenvalue weighted by Crippen LogP contribution is -2.63. The molecule has 7 N–H and O–H groups in total. The molecule has 0 spiro atoms. The van der Waals surface area contributed by atoms with Crippen molar-refractivity contribution in [2.75, 3.05) is 14.1 Å². The molecule has 3 aliphatic rings. The van der Waals surface area contributed by atoms with Crippen LogP contribution in [-0.2, 0) is 22.6 Å². The number of amides is 1. The number of rotatable bonds is 3. The van der Waals surface area contributed by atoms with Gasteiger partial charge in [0.2, 0.25) is 5.78 Å². The fourth-order valence-electron chi connectivity index (χ4n) is 5.32. The van der Waals surface area contributed by atoms with Gasteiger partial charge in [-0.15, -0.1) is 0 Å². The van der Waals surface area contributed by atoms with E-state index in [1.54, 1.807) is 14.1 Å². The van der Waals surface area contributed by atoms with Gasteiger partial charge in [0.15, 0.2) is 17.1 Å². The number of nitrogens with zero attached hydrogens (tertiary/aromatic N) is 2. The molecule has 1 aromatic rings. The highest BCUT2D eigenvalue weighted by Gasteiger charge is 2.63. The maximum atomic E-state index is 13.4. The molecule has 1 aromatic heterocycles. The third kappa shape index (κ3) is 2.93. The van der Waals surface area contributed by atoms with Crippen molar-refractivity contribution in [3.8, 4) is 5.75 Å². The van der Waals surface area contributed by atoms with Gasteiger partial charge in [-0.1, -0.05) is 11.6 Å². The van der Waals surface area contributed by atoms with Gasteiger partial charge in [-0.05, 0) is 32.9 Å². The first-order chi connectivity index (χ1) is 15.4. The first kappa shape index (κ1) is 23.2. The van der Waals surface area contributed by atoms with Gasteiger partial charge in [0.25, 0.3) is 5.91 Å². The normalized spacial score (nSPS) is 29.2. The predicted molar refractivity (Wildman–Crippen MR) is 112 cm³/mol. The molecular formula is C21H22ClN3O8. The van der Waals surface area contributed by atoms with Crippen LogP contribution in [0, 0.1) is 11.8 Å². The van der Waals surface area contributed by atoms with E-state index >= 15 is 0 Å². The van der Waals surface area contributed by atoms with Crippen LogP contribution in [0.5, 0.6) is 5.75 Å². The Labute approximate surface area is 192 Å². The Morgan fingerprint density at radius 1 is 1.27 bits per heavy atom. The Hall–Kier alpha value is -2.99. The van der Waals surface area contributed by atoms with Gasteiger partial charge in [0, 0.05) is 17.1 Å². The third-order valence-corrected chi connectivity index (χ3v) is 7.07. The maximum absolute atomic E-state index is 13.4. The van der Waals surface area contributed by atoms with Crippen molar-refractivity contribution >= 4 is 29.1 Å². The van der Waals surface area contributed by atoms with E-state index < -0.39 is 70.4 Å². The van der Waals surface area contributed by atoms with Crippen LogP contribution in [0.25, 0.3) is 0 Å². The van der Waals surface area contributed by atoms with E-state index in [0.717, 1.165) is 0 Å². The monoisotopic (exact) mass is 479 g/mol. The molecular weight excluding hydrogens is 458 g/mol. The number of Topliss-reactive ketones (excluding diaryl/α,β-unsaturated/α-hetero) is 2. The number of carbonyl (C=O) groups excluding carboxylic acids is 3. The molecule has 0 saturated carbocycles. The van der Waals surface area contributed by atoms with Gasteiger partial charge in [-0.3, -0.25) is 19.3 Å². The summed E-state index contributed by atoms with van der Waals surface area (Å²) in [5.41, 5.74) is 1.04. The Balaban J connectivity index is 1.98. The molecule has 0 bridgehead atoms. The summed E-state index contributed by atoms with van der Waals surface area (Å²) in [6.45, 7) is -0.707. The largest absolute Gasteiger partial charge is 0.510 e. The number of pyridine rings is 1. The Morgan fingerprint density at radius 2 is 1.91 bits per heavy atom. The van der Waals surface area contributed by atoms with Crippen LogP contribution >= 0.6 is 11.6 Å². The summed E-state index contributed by atoms with van der Waals surface area (Å²) < 4.78 is 0. The van der Waals surface area contributed by atoms with Gasteiger partial charge < -0.3 is 31.3 Å². The highest BCUT2D eigenvalue weighted by atomic mass is 35.5. The first-order valence-electron chi connectivity index (χ1n) is 10.0. The van der Waals surface area contributed by atoms with E-state index in [1.165, 1.54) is 4.90 Å². The van der Waals surface area contributed by atoms with Gasteiger partial charge in [0.05, 0.1) is 18.2 Å². The molecule has 1 heterocycles. The second-order valence-electron chi connectivity index (χ2n) is 8.67.